The Balaban J connectivity index is 1.54. The summed E-state index contributed by atoms with van der Waals surface area (Å²) in [5.41, 5.74) is 2.15. The lowest BCUT2D eigenvalue weighted by Gasteiger charge is -2.20. The van der Waals surface area contributed by atoms with Crippen molar-refractivity contribution in [2.24, 2.45) is 4.99 Å². The van der Waals surface area contributed by atoms with Gasteiger partial charge in [0.2, 0.25) is 5.88 Å². The number of hydrogen-bond acceptors (Lipinski definition) is 4. The van der Waals surface area contributed by atoms with Gasteiger partial charge in [0.15, 0.2) is 5.96 Å². The van der Waals surface area contributed by atoms with Gasteiger partial charge in [0.1, 0.15) is 0 Å². The molecule has 1 aliphatic rings. The third-order valence-corrected chi connectivity index (χ3v) is 4.65. The second-order valence-corrected chi connectivity index (χ2v) is 6.59. The second-order valence-electron chi connectivity index (χ2n) is 6.15. The first kappa shape index (κ1) is 18.3. The smallest absolute Gasteiger partial charge is 0.218 e. The predicted octanol–water partition coefficient (Wildman–Crippen LogP) is 2.69. The summed E-state index contributed by atoms with van der Waals surface area (Å²) in [4.78, 5) is 10.9. The molecule has 0 saturated carbocycles. The second kappa shape index (κ2) is 8.76. The summed E-state index contributed by atoms with van der Waals surface area (Å²) in [7, 11) is 3.40. The Morgan fingerprint density at radius 2 is 2.27 bits per heavy atom. The molecular formula is C19H24ClN5O. The molecule has 1 unspecified atom stereocenters. The van der Waals surface area contributed by atoms with Crippen LogP contribution in [0.3, 0.4) is 0 Å². The van der Waals surface area contributed by atoms with E-state index in [1.54, 1.807) is 20.4 Å². The van der Waals surface area contributed by atoms with Crippen LogP contribution in [-0.4, -0.2) is 44.2 Å². The number of benzene rings is 1. The highest BCUT2D eigenvalue weighted by Crippen LogP contribution is 2.23. The standard InChI is InChI=1S/C19H24ClN5O/c1-21-19(23-12-14-5-4-9-22-18(14)26-2)24-16-8-10-25(13-16)17-7-3-6-15(20)11-17/h3-7,9,11,16H,8,10,12-13H2,1-2H3,(H2,21,23,24). The highest BCUT2D eigenvalue weighted by molar-refractivity contribution is 6.30. The van der Waals surface area contributed by atoms with Gasteiger partial charge >= 0.3 is 0 Å². The minimum atomic E-state index is 0.330. The van der Waals surface area contributed by atoms with Crippen molar-refractivity contribution < 1.29 is 4.74 Å². The van der Waals surface area contributed by atoms with E-state index in [0.717, 1.165) is 41.7 Å². The van der Waals surface area contributed by atoms with Crippen LogP contribution in [0.1, 0.15) is 12.0 Å². The van der Waals surface area contributed by atoms with Gasteiger partial charge in [-0.25, -0.2) is 4.98 Å². The predicted molar refractivity (Wildman–Crippen MR) is 106 cm³/mol. The molecule has 1 saturated heterocycles. The van der Waals surface area contributed by atoms with Crippen molar-refractivity contribution in [1.29, 1.82) is 0 Å². The molecule has 3 rings (SSSR count). The summed E-state index contributed by atoms with van der Waals surface area (Å²) in [5.74, 6) is 1.40. The molecule has 0 spiro atoms. The fraction of sp³-hybridized carbons (Fsp3) is 0.368. The van der Waals surface area contributed by atoms with Crippen molar-refractivity contribution in [2.45, 2.75) is 19.0 Å². The van der Waals surface area contributed by atoms with Crippen LogP contribution in [0.25, 0.3) is 0 Å². The van der Waals surface area contributed by atoms with Crippen molar-refractivity contribution in [3.63, 3.8) is 0 Å². The van der Waals surface area contributed by atoms with Gasteiger partial charge in [-0.3, -0.25) is 4.99 Å². The van der Waals surface area contributed by atoms with Crippen LogP contribution in [0, 0.1) is 0 Å². The molecule has 1 fully saturated rings. The molecule has 2 aromatic rings. The summed E-state index contributed by atoms with van der Waals surface area (Å²) in [6.45, 7) is 2.50. The number of rotatable bonds is 5. The molecule has 26 heavy (non-hydrogen) atoms. The lowest BCUT2D eigenvalue weighted by Crippen LogP contribution is -2.44. The summed E-state index contributed by atoms with van der Waals surface area (Å²) >= 11 is 6.10. The van der Waals surface area contributed by atoms with Crippen LogP contribution in [0.4, 0.5) is 5.69 Å². The van der Waals surface area contributed by atoms with Gasteiger partial charge in [0, 0.05) is 55.2 Å². The van der Waals surface area contributed by atoms with E-state index >= 15 is 0 Å². The number of anilines is 1. The van der Waals surface area contributed by atoms with E-state index in [9.17, 15) is 0 Å². The Morgan fingerprint density at radius 3 is 3.04 bits per heavy atom. The van der Waals surface area contributed by atoms with E-state index in [1.807, 2.05) is 30.3 Å². The number of aliphatic imine (C=N–C) groups is 1. The molecule has 1 atom stereocenters. The Labute approximate surface area is 159 Å². The van der Waals surface area contributed by atoms with Crippen molar-refractivity contribution in [3.05, 3.63) is 53.2 Å². The Hall–Kier alpha value is -2.47. The Bertz CT molecular complexity index is 767. The van der Waals surface area contributed by atoms with E-state index in [0.29, 0.717) is 18.5 Å². The van der Waals surface area contributed by atoms with Gasteiger partial charge in [0.25, 0.3) is 0 Å². The molecule has 138 valence electrons. The first-order valence-electron chi connectivity index (χ1n) is 8.65. The zero-order valence-electron chi connectivity index (χ0n) is 15.1. The average molecular weight is 374 g/mol. The largest absolute Gasteiger partial charge is 0.481 e. The number of halogens is 1. The molecule has 1 aromatic heterocycles. The number of nitrogens with one attached hydrogen (secondary N) is 2. The molecule has 1 aliphatic heterocycles. The maximum atomic E-state index is 6.10. The minimum Gasteiger partial charge on any atom is -0.481 e. The monoisotopic (exact) mass is 373 g/mol. The molecule has 0 radical (unpaired) electrons. The molecule has 0 bridgehead atoms. The van der Waals surface area contributed by atoms with Crippen molar-refractivity contribution >= 4 is 23.2 Å². The zero-order chi connectivity index (χ0) is 18.4. The lowest BCUT2D eigenvalue weighted by atomic mass is 10.2. The number of ether oxygens (including phenoxy) is 1. The van der Waals surface area contributed by atoms with Crippen LogP contribution in [0.15, 0.2) is 47.6 Å². The third kappa shape index (κ3) is 4.58. The molecule has 0 amide bonds. The van der Waals surface area contributed by atoms with E-state index < -0.39 is 0 Å². The highest BCUT2D eigenvalue weighted by Gasteiger charge is 2.23. The van der Waals surface area contributed by atoms with E-state index in [1.165, 1.54) is 0 Å². The van der Waals surface area contributed by atoms with E-state index in [-0.39, 0.29) is 0 Å². The molecule has 6 nitrogen and oxygen atoms in total. The van der Waals surface area contributed by atoms with Crippen molar-refractivity contribution in [2.75, 3.05) is 32.1 Å². The summed E-state index contributed by atoms with van der Waals surface area (Å²) < 4.78 is 5.29. The maximum absolute atomic E-state index is 6.10. The van der Waals surface area contributed by atoms with Crippen molar-refractivity contribution in [3.8, 4) is 5.88 Å². The fourth-order valence-electron chi connectivity index (χ4n) is 3.09. The summed E-state index contributed by atoms with van der Waals surface area (Å²) in [5, 5.41) is 7.59. The van der Waals surface area contributed by atoms with Gasteiger partial charge < -0.3 is 20.3 Å². The fourth-order valence-corrected chi connectivity index (χ4v) is 3.28. The molecule has 7 heteroatoms. The number of hydrogen-bond donors (Lipinski definition) is 2. The highest BCUT2D eigenvalue weighted by atomic mass is 35.5. The SMILES string of the molecule is CN=C(NCc1cccnc1OC)NC1CCN(c2cccc(Cl)c2)C1. The number of aromatic nitrogens is 1. The molecular weight excluding hydrogens is 350 g/mol. The lowest BCUT2D eigenvalue weighted by molar-refractivity contribution is 0.392. The van der Waals surface area contributed by atoms with E-state index in [4.69, 9.17) is 16.3 Å². The van der Waals surface area contributed by atoms with E-state index in [2.05, 4.69) is 31.6 Å². The quantitative estimate of drug-likeness (QED) is 0.623. The van der Waals surface area contributed by atoms with Gasteiger partial charge in [0.05, 0.1) is 7.11 Å². The normalized spacial score (nSPS) is 17.3. The zero-order valence-corrected chi connectivity index (χ0v) is 15.8. The molecule has 0 aliphatic carbocycles. The maximum Gasteiger partial charge on any atom is 0.218 e. The number of nitrogens with zero attached hydrogens (tertiary/aromatic N) is 3. The number of pyridine rings is 1. The van der Waals surface area contributed by atoms with Crippen LogP contribution in [0.2, 0.25) is 5.02 Å². The topological polar surface area (TPSA) is 61.8 Å². The Morgan fingerprint density at radius 1 is 1.38 bits per heavy atom. The minimum absolute atomic E-state index is 0.330. The van der Waals surface area contributed by atoms with Crippen LogP contribution >= 0.6 is 11.6 Å². The van der Waals surface area contributed by atoms with Gasteiger partial charge in [-0.1, -0.05) is 23.7 Å². The average Bonchev–Trinajstić information content (AvgIpc) is 3.14. The van der Waals surface area contributed by atoms with Gasteiger partial charge in [-0.15, -0.1) is 0 Å². The molecule has 2 heterocycles. The molecule has 1 aromatic carbocycles. The first-order chi connectivity index (χ1) is 12.7. The van der Waals surface area contributed by atoms with Gasteiger partial charge in [-0.2, -0.15) is 0 Å². The molecule has 2 N–H and O–H groups in total. The number of guanidine groups is 1. The first-order valence-corrected chi connectivity index (χ1v) is 9.03. The summed E-state index contributed by atoms with van der Waals surface area (Å²) in [6, 6.07) is 12.2. The van der Waals surface area contributed by atoms with Gasteiger partial charge in [-0.05, 0) is 30.7 Å². The van der Waals surface area contributed by atoms with Crippen molar-refractivity contribution in [1.82, 2.24) is 15.6 Å². The van der Waals surface area contributed by atoms with Crippen LogP contribution in [0.5, 0.6) is 5.88 Å². The summed E-state index contributed by atoms with van der Waals surface area (Å²) in [6.07, 6.45) is 2.77. The third-order valence-electron chi connectivity index (χ3n) is 4.42. The van der Waals surface area contributed by atoms with Crippen LogP contribution < -0.4 is 20.3 Å². The van der Waals surface area contributed by atoms with Crippen LogP contribution in [-0.2, 0) is 6.54 Å². The number of methoxy groups -OCH3 is 1. The Kier molecular flexibility index (Phi) is 6.17.